The van der Waals surface area contributed by atoms with Gasteiger partial charge in [-0.15, -0.1) is 0 Å². The molecule has 0 atom stereocenters. The summed E-state index contributed by atoms with van der Waals surface area (Å²) in [7, 11) is 1.83. The van der Waals surface area contributed by atoms with Crippen LogP contribution in [0.3, 0.4) is 0 Å². The molecule has 100 valence electrons. The predicted molar refractivity (Wildman–Crippen MR) is 78.8 cm³/mol. The van der Waals surface area contributed by atoms with Crippen LogP contribution in [0.4, 0.5) is 10.2 Å². The second-order valence-electron chi connectivity index (χ2n) is 4.19. The van der Waals surface area contributed by atoms with E-state index in [1.165, 1.54) is 6.07 Å². The van der Waals surface area contributed by atoms with E-state index in [2.05, 4.69) is 38.1 Å². The van der Waals surface area contributed by atoms with Gasteiger partial charge in [-0.25, -0.2) is 14.4 Å². The highest BCUT2D eigenvalue weighted by atomic mass is 79.9. The topological polar surface area (TPSA) is 37.8 Å². The Bertz CT molecular complexity index is 614. The van der Waals surface area contributed by atoms with E-state index < -0.39 is 0 Å². The molecule has 0 spiro atoms. The monoisotopic (exact) mass is 323 g/mol. The average Bonchev–Trinajstić information content (AvgIpc) is 2.40. The van der Waals surface area contributed by atoms with Crippen molar-refractivity contribution in [3.63, 3.8) is 0 Å². The zero-order valence-electron chi connectivity index (χ0n) is 11.1. The molecular formula is C14H15BrFN3. The summed E-state index contributed by atoms with van der Waals surface area (Å²) >= 11 is 3.14. The lowest BCUT2D eigenvalue weighted by Crippen LogP contribution is -2.05. The summed E-state index contributed by atoms with van der Waals surface area (Å²) < 4.78 is 14.0. The molecule has 1 N–H and O–H groups in total. The number of halogens is 2. The molecule has 2 rings (SSSR count). The fourth-order valence-corrected chi connectivity index (χ4v) is 2.24. The van der Waals surface area contributed by atoms with Crippen LogP contribution in [0, 0.1) is 12.7 Å². The molecule has 0 aliphatic rings. The van der Waals surface area contributed by atoms with Crippen LogP contribution in [0.15, 0.2) is 22.7 Å². The maximum absolute atomic E-state index is 13.6. The minimum atomic E-state index is -0.315. The van der Waals surface area contributed by atoms with Crippen molar-refractivity contribution >= 4 is 21.7 Å². The number of hydrogen-bond acceptors (Lipinski definition) is 3. The summed E-state index contributed by atoms with van der Waals surface area (Å²) in [6, 6.07) is 4.90. The second kappa shape index (κ2) is 5.65. The van der Waals surface area contributed by atoms with Crippen LogP contribution in [0.25, 0.3) is 11.4 Å². The van der Waals surface area contributed by atoms with Gasteiger partial charge in [0.1, 0.15) is 11.6 Å². The van der Waals surface area contributed by atoms with E-state index in [0.717, 1.165) is 23.5 Å². The van der Waals surface area contributed by atoms with Crippen LogP contribution >= 0.6 is 15.9 Å². The first kappa shape index (κ1) is 13.9. The van der Waals surface area contributed by atoms with Gasteiger partial charge in [0, 0.05) is 23.9 Å². The number of hydrogen-bond donors (Lipinski definition) is 1. The van der Waals surface area contributed by atoms with E-state index in [9.17, 15) is 4.39 Å². The number of benzene rings is 1. The molecule has 1 heterocycles. The van der Waals surface area contributed by atoms with Gasteiger partial charge in [-0.1, -0.05) is 6.92 Å². The molecule has 0 aliphatic carbocycles. The molecule has 0 radical (unpaired) electrons. The molecule has 0 bridgehead atoms. The highest BCUT2D eigenvalue weighted by Crippen LogP contribution is 2.25. The zero-order valence-corrected chi connectivity index (χ0v) is 12.7. The van der Waals surface area contributed by atoms with Crippen LogP contribution in [0.2, 0.25) is 0 Å². The van der Waals surface area contributed by atoms with E-state index in [0.29, 0.717) is 15.9 Å². The van der Waals surface area contributed by atoms with E-state index in [-0.39, 0.29) is 5.82 Å². The third-order valence-corrected chi connectivity index (χ3v) is 3.63. The molecule has 3 nitrogen and oxygen atoms in total. The van der Waals surface area contributed by atoms with Crippen molar-refractivity contribution in [2.75, 3.05) is 12.4 Å². The Balaban J connectivity index is 2.56. The zero-order chi connectivity index (χ0) is 14.0. The summed E-state index contributed by atoms with van der Waals surface area (Å²) in [6.07, 6.45) is 0.858. The van der Waals surface area contributed by atoms with Crippen molar-refractivity contribution in [1.82, 2.24) is 9.97 Å². The molecule has 0 unspecified atom stereocenters. The number of nitrogens with zero attached hydrogens (tertiary/aromatic N) is 2. The van der Waals surface area contributed by atoms with E-state index >= 15 is 0 Å². The molecule has 2 aromatic rings. The number of aromatic nitrogens is 2. The lowest BCUT2D eigenvalue weighted by atomic mass is 10.1. The molecule has 0 saturated carbocycles. The van der Waals surface area contributed by atoms with Gasteiger partial charge in [0.25, 0.3) is 0 Å². The smallest absolute Gasteiger partial charge is 0.161 e. The largest absolute Gasteiger partial charge is 0.373 e. The van der Waals surface area contributed by atoms with Gasteiger partial charge in [0.15, 0.2) is 5.82 Å². The van der Waals surface area contributed by atoms with Gasteiger partial charge in [-0.3, -0.25) is 0 Å². The van der Waals surface area contributed by atoms with E-state index in [1.54, 1.807) is 12.1 Å². The third kappa shape index (κ3) is 2.76. The Morgan fingerprint density at radius 3 is 2.63 bits per heavy atom. The minimum absolute atomic E-state index is 0.315. The van der Waals surface area contributed by atoms with Crippen molar-refractivity contribution in [2.45, 2.75) is 20.3 Å². The Kier molecular flexibility index (Phi) is 4.14. The van der Waals surface area contributed by atoms with Crippen molar-refractivity contribution in [1.29, 1.82) is 0 Å². The quantitative estimate of drug-likeness (QED) is 0.929. The average molecular weight is 324 g/mol. The number of nitrogens with one attached hydrogen (secondary N) is 1. The summed E-state index contributed by atoms with van der Waals surface area (Å²) in [5.74, 6) is 1.02. The minimum Gasteiger partial charge on any atom is -0.373 e. The molecule has 19 heavy (non-hydrogen) atoms. The van der Waals surface area contributed by atoms with Crippen LogP contribution in [0.1, 0.15) is 18.2 Å². The summed E-state index contributed by atoms with van der Waals surface area (Å²) in [6.45, 7) is 4.01. The van der Waals surface area contributed by atoms with Gasteiger partial charge >= 0.3 is 0 Å². The van der Waals surface area contributed by atoms with Crippen LogP contribution in [0.5, 0.6) is 0 Å². The van der Waals surface area contributed by atoms with Crippen LogP contribution in [-0.4, -0.2) is 17.0 Å². The normalized spacial score (nSPS) is 10.6. The molecule has 0 amide bonds. The lowest BCUT2D eigenvalue weighted by molar-refractivity contribution is 0.621. The van der Waals surface area contributed by atoms with Crippen molar-refractivity contribution in [3.05, 3.63) is 39.7 Å². The van der Waals surface area contributed by atoms with Gasteiger partial charge in [0.2, 0.25) is 0 Å². The van der Waals surface area contributed by atoms with Crippen LogP contribution in [-0.2, 0) is 6.42 Å². The summed E-state index contributed by atoms with van der Waals surface area (Å²) in [5, 5.41) is 3.07. The SMILES string of the molecule is CCc1c(C)nc(-c2ccc(Br)c(F)c2)nc1NC. The maximum atomic E-state index is 13.6. The number of aryl methyl sites for hydroxylation is 1. The van der Waals surface area contributed by atoms with Gasteiger partial charge in [0.05, 0.1) is 4.47 Å². The predicted octanol–water partition coefficient (Wildman–Crippen LogP) is 3.96. The molecule has 5 heteroatoms. The van der Waals surface area contributed by atoms with Crippen molar-refractivity contribution in [3.8, 4) is 11.4 Å². The Morgan fingerprint density at radius 1 is 1.32 bits per heavy atom. The molecule has 0 saturated heterocycles. The van der Waals surface area contributed by atoms with Crippen molar-refractivity contribution < 1.29 is 4.39 Å². The fraction of sp³-hybridized carbons (Fsp3) is 0.286. The first-order valence-electron chi connectivity index (χ1n) is 6.07. The molecule has 0 fully saturated rings. The van der Waals surface area contributed by atoms with Crippen molar-refractivity contribution in [2.24, 2.45) is 0 Å². The molecule has 0 aliphatic heterocycles. The number of anilines is 1. The van der Waals surface area contributed by atoms with E-state index in [4.69, 9.17) is 0 Å². The highest BCUT2D eigenvalue weighted by Gasteiger charge is 2.11. The summed E-state index contributed by atoms with van der Waals surface area (Å²) in [5.41, 5.74) is 2.67. The lowest BCUT2D eigenvalue weighted by Gasteiger charge is -2.11. The third-order valence-electron chi connectivity index (χ3n) is 2.98. The van der Waals surface area contributed by atoms with Gasteiger partial charge in [-0.05, 0) is 47.5 Å². The molecular weight excluding hydrogens is 309 g/mol. The Labute approximate surface area is 120 Å². The first-order valence-corrected chi connectivity index (χ1v) is 6.86. The van der Waals surface area contributed by atoms with Crippen LogP contribution < -0.4 is 5.32 Å². The second-order valence-corrected chi connectivity index (χ2v) is 5.05. The highest BCUT2D eigenvalue weighted by molar-refractivity contribution is 9.10. The van der Waals surface area contributed by atoms with E-state index in [1.807, 2.05) is 14.0 Å². The first-order chi connectivity index (χ1) is 9.06. The Morgan fingerprint density at radius 2 is 2.05 bits per heavy atom. The van der Waals surface area contributed by atoms with Gasteiger partial charge in [-0.2, -0.15) is 0 Å². The number of rotatable bonds is 3. The molecule has 1 aromatic heterocycles. The standard InChI is InChI=1S/C14H15BrFN3/c1-4-10-8(2)18-13(19-14(10)17-3)9-5-6-11(15)12(16)7-9/h5-7H,4H2,1-3H3,(H,17,18,19). The van der Waals surface area contributed by atoms with Gasteiger partial charge < -0.3 is 5.32 Å². The summed E-state index contributed by atoms with van der Waals surface area (Å²) in [4.78, 5) is 8.92. The maximum Gasteiger partial charge on any atom is 0.161 e. The fourth-order valence-electron chi connectivity index (χ4n) is 1.99. The Hall–Kier alpha value is -1.49. The molecule has 1 aromatic carbocycles.